The third kappa shape index (κ3) is 2.53. The van der Waals surface area contributed by atoms with Gasteiger partial charge in [-0.15, -0.1) is 0 Å². The Bertz CT molecular complexity index is 614. The fourth-order valence-electron chi connectivity index (χ4n) is 3.14. The number of H-pyrrole nitrogens is 1. The molecule has 1 heterocycles. The fourth-order valence-corrected chi connectivity index (χ4v) is 3.14. The van der Waals surface area contributed by atoms with Crippen LogP contribution < -0.4 is 11.1 Å². The molecule has 0 radical (unpaired) electrons. The fraction of sp³-hybridized carbons (Fsp3) is 0.533. The van der Waals surface area contributed by atoms with Crippen LogP contribution in [0.3, 0.4) is 0 Å². The lowest BCUT2D eigenvalue weighted by atomic mass is 9.83. The molecule has 2 aromatic rings. The molecule has 4 heteroatoms. The monoisotopic (exact) mass is 260 g/mol. The minimum Gasteiger partial charge on any atom is -0.408 e. The second-order valence-corrected chi connectivity index (χ2v) is 5.43. The molecule has 1 aliphatic carbocycles. The molecule has 1 fully saturated rings. The highest BCUT2D eigenvalue weighted by molar-refractivity contribution is 5.76. The van der Waals surface area contributed by atoms with Crippen molar-refractivity contribution < 1.29 is 4.42 Å². The van der Waals surface area contributed by atoms with Crippen LogP contribution in [0.15, 0.2) is 27.4 Å². The van der Waals surface area contributed by atoms with Gasteiger partial charge in [-0.3, -0.25) is 4.98 Å². The zero-order valence-electron chi connectivity index (χ0n) is 11.2. The van der Waals surface area contributed by atoms with E-state index >= 15 is 0 Å². The van der Waals surface area contributed by atoms with Crippen molar-refractivity contribution in [2.45, 2.75) is 45.1 Å². The number of benzene rings is 1. The zero-order valence-corrected chi connectivity index (χ0v) is 11.2. The Labute approximate surface area is 112 Å². The molecule has 19 heavy (non-hydrogen) atoms. The Hall–Kier alpha value is -1.71. The maximum atomic E-state index is 11.1. The molecule has 0 spiro atoms. The van der Waals surface area contributed by atoms with E-state index in [2.05, 4.69) is 17.2 Å². The topological polar surface area (TPSA) is 58.0 Å². The van der Waals surface area contributed by atoms with Crippen molar-refractivity contribution in [2.24, 2.45) is 5.92 Å². The number of hydrogen-bond donors (Lipinski definition) is 2. The summed E-state index contributed by atoms with van der Waals surface area (Å²) in [5, 5.41) is 3.62. The van der Waals surface area contributed by atoms with Crippen molar-refractivity contribution in [3.8, 4) is 0 Å². The van der Waals surface area contributed by atoms with Gasteiger partial charge in [-0.05, 0) is 37.0 Å². The molecule has 1 aliphatic rings. The van der Waals surface area contributed by atoms with Gasteiger partial charge < -0.3 is 9.73 Å². The van der Waals surface area contributed by atoms with Crippen LogP contribution >= 0.6 is 0 Å². The molecule has 0 bridgehead atoms. The van der Waals surface area contributed by atoms with Gasteiger partial charge in [0.1, 0.15) is 0 Å². The lowest BCUT2D eigenvalue weighted by molar-refractivity contribution is 0.317. The first kappa shape index (κ1) is 12.3. The lowest BCUT2D eigenvalue weighted by Crippen LogP contribution is -2.31. The number of rotatable bonds is 3. The summed E-state index contributed by atoms with van der Waals surface area (Å²) in [5.41, 5.74) is 2.44. The summed E-state index contributed by atoms with van der Waals surface area (Å²) < 4.78 is 5.02. The summed E-state index contributed by atoms with van der Waals surface area (Å²) >= 11 is 0. The largest absolute Gasteiger partial charge is 0.417 e. The van der Waals surface area contributed by atoms with Crippen LogP contribution in [0.1, 0.15) is 39.0 Å². The molecule has 102 valence electrons. The normalized spacial score (nSPS) is 23.6. The molecular formula is C15H20N2O2. The van der Waals surface area contributed by atoms with E-state index in [-0.39, 0.29) is 0 Å². The van der Waals surface area contributed by atoms with Crippen LogP contribution in [0.4, 0.5) is 5.69 Å². The summed E-state index contributed by atoms with van der Waals surface area (Å²) in [7, 11) is 0. The van der Waals surface area contributed by atoms with Crippen molar-refractivity contribution in [2.75, 3.05) is 5.32 Å². The first-order valence-corrected chi connectivity index (χ1v) is 7.15. The molecule has 4 nitrogen and oxygen atoms in total. The number of anilines is 1. The maximum absolute atomic E-state index is 11.1. The first-order valence-electron chi connectivity index (χ1n) is 7.15. The lowest BCUT2D eigenvalue weighted by Gasteiger charge is -2.32. The molecule has 0 amide bonds. The van der Waals surface area contributed by atoms with Gasteiger partial charge in [0.05, 0.1) is 5.52 Å². The molecule has 1 aromatic carbocycles. The van der Waals surface area contributed by atoms with E-state index in [1.165, 1.54) is 32.1 Å². The van der Waals surface area contributed by atoms with E-state index in [1.54, 1.807) is 0 Å². The number of hydrogen-bond acceptors (Lipinski definition) is 3. The predicted molar refractivity (Wildman–Crippen MR) is 76.5 cm³/mol. The predicted octanol–water partition coefficient (Wildman–Crippen LogP) is 3.50. The number of nitrogens with one attached hydrogen (secondary N) is 2. The molecule has 0 saturated heterocycles. The molecule has 3 rings (SSSR count). The Morgan fingerprint density at radius 2 is 2.21 bits per heavy atom. The summed E-state index contributed by atoms with van der Waals surface area (Å²) in [6, 6.07) is 6.34. The van der Waals surface area contributed by atoms with Crippen LogP contribution in [0, 0.1) is 5.92 Å². The van der Waals surface area contributed by atoms with Crippen molar-refractivity contribution in [3.05, 3.63) is 28.7 Å². The van der Waals surface area contributed by atoms with Crippen molar-refractivity contribution in [1.82, 2.24) is 4.98 Å². The Kier molecular flexibility index (Phi) is 3.32. The van der Waals surface area contributed by atoms with Crippen molar-refractivity contribution >= 4 is 16.8 Å². The van der Waals surface area contributed by atoms with Gasteiger partial charge in [0.15, 0.2) is 5.58 Å². The van der Waals surface area contributed by atoms with Gasteiger partial charge in [0.25, 0.3) is 0 Å². The second-order valence-electron chi connectivity index (χ2n) is 5.43. The van der Waals surface area contributed by atoms with E-state index in [4.69, 9.17) is 4.42 Å². The minimum atomic E-state index is -0.392. The van der Waals surface area contributed by atoms with E-state index in [1.807, 2.05) is 18.2 Å². The van der Waals surface area contributed by atoms with Gasteiger partial charge in [-0.1, -0.05) is 26.2 Å². The van der Waals surface area contributed by atoms with E-state index in [0.29, 0.717) is 11.6 Å². The Morgan fingerprint density at radius 1 is 1.37 bits per heavy atom. The zero-order chi connectivity index (χ0) is 13.2. The Balaban J connectivity index is 1.81. The summed E-state index contributed by atoms with van der Waals surface area (Å²) in [4.78, 5) is 13.8. The van der Waals surface area contributed by atoms with Gasteiger partial charge in [-0.25, -0.2) is 4.79 Å². The molecule has 1 saturated carbocycles. The van der Waals surface area contributed by atoms with E-state index < -0.39 is 5.76 Å². The van der Waals surface area contributed by atoms with Crippen LogP contribution in [0.25, 0.3) is 11.1 Å². The molecule has 2 unspecified atom stereocenters. The molecule has 2 N–H and O–H groups in total. The van der Waals surface area contributed by atoms with Crippen LogP contribution in [-0.4, -0.2) is 11.0 Å². The van der Waals surface area contributed by atoms with E-state index in [9.17, 15) is 4.79 Å². The number of aromatic amines is 1. The third-order valence-corrected chi connectivity index (χ3v) is 4.20. The van der Waals surface area contributed by atoms with Crippen LogP contribution in [0.2, 0.25) is 0 Å². The average Bonchev–Trinajstić information content (AvgIpc) is 2.79. The molecule has 2 atom stereocenters. The highest BCUT2D eigenvalue weighted by Gasteiger charge is 2.23. The quantitative estimate of drug-likeness (QED) is 0.888. The SMILES string of the molecule is CCC1CCCCC1Nc1ccc2oc(=O)[nH]c2c1. The summed E-state index contributed by atoms with van der Waals surface area (Å²) in [5.74, 6) is 0.365. The standard InChI is InChI=1S/C15H20N2O2/c1-2-10-5-3-4-6-12(10)16-11-7-8-14-13(9-11)17-15(18)19-14/h7-10,12,16H,2-6H2,1H3,(H,17,18). The summed E-state index contributed by atoms with van der Waals surface area (Å²) in [6.07, 6.45) is 6.43. The highest BCUT2D eigenvalue weighted by Crippen LogP contribution is 2.29. The number of aromatic nitrogens is 1. The van der Waals surface area contributed by atoms with Crippen LogP contribution in [-0.2, 0) is 0 Å². The highest BCUT2D eigenvalue weighted by atomic mass is 16.4. The van der Waals surface area contributed by atoms with Crippen molar-refractivity contribution in [1.29, 1.82) is 0 Å². The summed E-state index contributed by atoms with van der Waals surface area (Å²) in [6.45, 7) is 2.27. The van der Waals surface area contributed by atoms with Crippen molar-refractivity contribution in [3.63, 3.8) is 0 Å². The molecule has 1 aromatic heterocycles. The second kappa shape index (κ2) is 5.11. The number of oxazole rings is 1. The Morgan fingerprint density at radius 3 is 3.05 bits per heavy atom. The third-order valence-electron chi connectivity index (χ3n) is 4.20. The van der Waals surface area contributed by atoms with E-state index in [0.717, 1.165) is 17.1 Å². The molecule has 0 aliphatic heterocycles. The average molecular weight is 260 g/mol. The van der Waals surface area contributed by atoms with Gasteiger partial charge in [0.2, 0.25) is 0 Å². The van der Waals surface area contributed by atoms with Crippen LogP contribution in [0.5, 0.6) is 0 Å². The number of fused-ring (bicyclic) bond motifs is 1. The van der Waals surface area contributed by atoms with Gasteiger partial charge >= 0.3 is 5.76 Å². The smallest absolute Gasteiger partial charge is 0.408 e. The molecular weight excluding hydrogens is 240 g/mol. The maximum Gasteiger partial charge on any atom is 0.417 e. The van der Waals surface area contributed by atoms with Gasteiger partial charge in [0, 0.05) is 11.7 Å². The minimum absolute atomic E-state index is 0.392. The van der Waals surface area contributed by atoms with Gasteiger partial charge in [-0.2, -0.15) is 0 Å². The first-order chi connectivity index (χ1) is 9.26.